The van der Waals surface area contributed by atoms with Gasteiger partial charge in [-0.15, -0.1) is 0 Å². The van der Waals surface area contributed by atoms with Crippen molar-refractivity contribution < 1.29 is 0 Å². The summed E-state index contributed by atoms with van der Waals surface area (Å²) in [5, 5.41) is 6.94. The Morgan fingerprint density at radius 3 is 2.64 bits per heavy atom. The molecule has 0 amide bonds. The second-order valence-corrected chi connectivity index (χ2v) is 4.92. The van der Waals surface area contributed by atoms with Crippen LogP contribution in [-0.4, -0.2) is 50.7 Å². The SMILES string of the molecule is CC1CNCC(CN2CCNCC2)C1. The summed E-state index contributed by atoms with van der Waals surface area (Å²) < 4.78 is 0. The maximum absolute atomic E-state index is 3.53. The molecule has 3 heteroatoms. The monoisotopic (exact) mass is 197 g/mol. The number of nitrogens with zero attached hydrogens (tertiary/aromatic N) is 1. The van der Waals surface area contributed by atoms with Crippen molar-refractivity contribution in [3.63, 3.8) is 0 Å². The first-order valence-corrected chi connectivity index (χ1v) is 5.98. The average Bonchev–Trinajstić information content (AvgIpc) is 2.19. The average molecular weight is 197 g/mol. The third-order valence-corrected chi connectivity index (χ3v) is 3.39. The highest BCUT2D eigenvalue weighted by Gasteiger charge is 2.21. The van der Waals surface area contributed by atoms with Crippen LogP contribution in [0.1, 0.15) is 13.3 Å². The van der Waals surface area contributed by atoms with Gasteiger partial charge in [0.25, 0.3) is 0 Å². The smallest absolute Gasteiger partial charge is 0.0107 e. The van der Waals surface area contributed by atoms with Crippen LogP contribution >= 0.6 is 0 Å². The highest BCUT2D eigenvalue weighted by Crippen LogP contribution is 2.16. The minimum Gasteiger partial charge on any atom is -0.316 e. The van der Waals surface area contributed by atoms with Crippen molar-refractivity contribution in [3.05, 3.63) is 0 Å². The highest BCUT2D eigenvalue weighted by molar-refractivity contribution is 4.78. The fourth-order valence-corrected chi connectivity index (χ4v) is 2.67. The summed E-state index contributed by atoms with van der Waals surface area (Å²) in [4.78, 5) is 2.61. The van der Waals surface area contributed by atoms with Crippen LogP contribution in [0.4, 0.5) is 0 Å². The van der Waals surface area contributed by atoms with Crippen molar-refractivity contribution in [2.45, 2.75) is 13.3 Å². The Bertz CT molecular complexity index is 166. The molecule has 14 heavy (non-hydrogen) atoms. The first-order chi connectivity index (χ1) is 6.84. The summed E-state index contributed by atoms with van der Waals surface area (Å²) in [5.41, 5.74) is 0. The number of hydrogen-bond donors (Lipinski definition) is 2. The van der Waals surface area contributed by atoms with Crippen LogP contribution in [0.5, 0.6) is 0 Å². The lowest BCUT2D eigenvalue weighted by Crippen LogP contribution is -2.48. The van der Waals surface area contributed by atoms with Crippen molar-refractivity contribution in [3.8, 4) is 0 Å². The van der Waals surface area contributed by atoms with Crippen molar-refractivity contribution in [2.75, 3.05) is 45.8 Å². The lowest BCUT2D eigenvalue weighted by atomic mass is 9.91. The molecule has 0 saturated carbocycles. The lowest BCUT2D eigenvalue weighted by Gasteiger charge is -2.34. The summed E-state index contributed by atoms with van der Waals surface area (Å²) in [7, 11) is 0. The minimum absolute atomic E-state index is 0.872. The van der Waals surface area contributed by atoms with Crippen LogP contribution in [0.15, 0.2) is 0 Å². The van der Waals surface area contributed by atoms with Crippen LogP contribution in [-0.2, 0) is 0 Å². The Kier molecular flexibility index (Phi) is 3.79. The molecule has 2 aliphatic rings. The second-order valence-electron chi connectivity index (χ2n) is 4.92. The van der Waals surface area contributed by atoms with Crippen LogP contribution in [0.3, 0.4) is 0 Å². The number of piperidine rings is 1. The fraction of sp³-hybridized carbons (Fsp3) is 1.00. The van der Waals surface area contributed by atoms with Gasteiger partial charge in [-0.2, -0.15) is 0 Å². The van der Waals surface area contributed by atoms with Gasteiger partial charge >= 0.3 is 0 Å². The van der Waals surface area contributed by atoms with Gasteiger partial charge < -0.3 is 15.5 Å². The summed E-state index contributed by atoms with van der Waals surface area (Å²) in [6.07, 6.45) is 1.41. The van der Waals surface area contributed by atoms with Gasteiger partial charge in [0.2, 0.25) is 0 Å². The Morgan fingerprint density at radius 1 is 1.14 bits per heavy atom. The molecule has 0 radical (unpaired) electrons. The van der Waals surface area contributed by atoms with Crippen molar-refractivity contribution in [1.29, 1.82) is 0 Å². The standard InChI is InChI=1S/C11H23N3/c1-10-6-11(8-13-7-10)9-14-4-2-12-3-5-14/h10-13H,2-9H2,1H3. The first kappa shape index (κ1) is 10.4. The van der Waals surface area contributed by atoms with Gasteiger partial charge in [0.1, 0.15) is 0 Å². The molecule has 0 aromatic rings. The largest absolute Gasteiger partial charge is 0.316 e. The molecular formula is C11H23N3. The maximum Gasteiger partial charge on any atom is 0.0107 e. The normalized spacial score (nSPS) is 35.8. The van der Waals surface area contributed by atoms with E-state index in [0.29, 0.717) is 0 Å². The zero-order chi connectivity index (χ0) is 9.80. The topological polar surface area (TPSA) is 27.3 Å². The van der Waals surface area contributed by atoms with E-state index in [1.54, 1.807) is 0 Å². The van der Waals surface area contributed by atoms with E-state index >= 15 is 0 Å². The third kappa shape index (κ3) is 2.94. The molecule has 2 unspecified atom stereocenters. The molecule has 2 fully saturated rings. The summed E-state index contributed by atoms with van der Waals surface area (Å²) in [5.74, 6) is 1.76. The van der Waals surface area contributed by atoms with Gasteiger partial charge in [-0.1, -0.05) is 6.92 Å². The third-order valence-electron chi connectivity index (χ3n) is 3.39. The maximum atomic E-state index is 3.53. The van der Waals surface area contributed by atoms with Crippen LogP contribution in [0.25, 0.3) is 0 Å². The molecule has 0 aromatic carbocycles. The van der Waals surface area contributed by atoms with E-state index in [0.717, 1.165) is 11.8 Å². The Balaban J connectivity index is 1.72. The van der Waals surface area contributed by atoms with Gasteiger partial charge in [0.05, 0.1) is 0 Å². The quantitative estimate of drug-likeness (QED) is 0.659. The van der Waals surface area contributed by atoms with Crippen LogP contribution in [0.2, 0.25) is 0 Å². The van der Waals surface area contributed by atoms with Gasteiger partial charge in [0.15, 0.2) is 0 Å². The highest BCUT2D eigenvalue weighted by atomic mass is 15.2. The molecule has 2 heterocycles. The van der Waals surface area contributed by atoms with E-state index < -0.39 is 0 Å². The molecule has 2 N–H and O–H groups in total. The number of nitrogens with one attached hydrogen (secondary N) is 2. The molecular weight excluding hydrogens is 174 g/mol. The Hall–Kier alpha value is -0.120. The molecule has 0 bridgehead atoms. The zero-order valence-corrected chi connectivity index (χ0v) is 9.26. The van der Waals surface area contributed by atoms with Crippen molar-refractivity contribution in [2.24, 2.45) is 11.8 Å². The Morgan fingerprint density at radius 2 is 1.93 bits per heavy atom. The van der Waals surface area contributed by atoms with Crippen LogP contribution < -0.4 is 10.6 Å². The second kappa shape index (κ2) is 5.10. The van der Waals surface area contributed by atoms with Crippen molar-refractivity contribution in [1.82, 2.24) is 15.5 Å². The molecule has 0 aliphatic carbocycles. The zero-order valence-electron chi connectivity index (χ0n) is 9.26. The summed E-state index contributed by atoms with van der Waals surface area (Å²) in [6, 6.07) is 0. The molecule has 2 rings (SSSR count). The van der Waals surface area contributed by atoms with E-state index in [4.69, 9.17) is 0 Å². The number of piperazine rings is 1. The van der Waals surface area contributed by atoms with Gasteiger partial charge in [0, 0.05) is 32.7 Å². The molecule has 2 saturated heterocycles. The molecule has 82 valence electrons. The van der Waals surface area contributed by atoms with Gasteiger partial charge in [-0.3, -0.25) is 0 Å². The fourth-order valence-electron chi connectivity index (χ4n) is 2.67. The first-order valence-electron chi connectivity index (χ1n) is 5.98. The van der Waals surface area contributed by atoms with Crippen molar-refractivity contribution >= 4 is 0 Å². The van der Waals surface area contributed by atoms with E-state index in [-0.39, 0.29) is 0 Å². The summed E-state index contributed by atoms with van der Waals surface area (Å²) >= 11 is 0. The Labute approximate surface area is 87.2 Å². The predicted molar refractivity (Wildman–Crippen MR) is 59.5 cm³/mol. The summed E-state index contributed by atoms with van der Waals surface area (Å²) in [6.45, 7) is 10.9. The molecule has 0 spiro atoms. The molecule has 3 nitrogen and oxygen atoms in total. The van der Waals surface area contributed by atoms with E-state index in [1.165, 1.54) is 52.2 Å². The van der Waals surface area contributed by atoms with E-state index in [2.05, 4.69) is 22.5 Å². The lowest BCUT2D eigenvalue weighted by molar-refractivity contribution is 0.173. The molecule has 2 atom stereocenters. The van der Waals surface area contributed by atoms with Gasteiger partial charge in [-0.05, 0) is 31.3 Å². The predicted octanol–water partition coefficient (Wildman–Crippen LogP) is 0.137. The van der Waals surface area contributed by atoms with E-state index in [9.17, 15) is 0 Å². The molecule has 0 aromatic heterocycles. The van der Waals surface area contributed by atoms with Crippen LogP contribution in [0, 0.1) is 11.8 Å². The molecule has 2 aliphatic heterocycles. The van der Waals surface area contributed by atoms with E-state index in [1.807, 2.05) is 0 Å². The number of rotatable bonds is 2. The van der Waals surface area contributed by atoms with Gasteiger partial charge in [-0.25, -0.2) is 0 Å². The number of hydrogen-bond acceptors (Lipinski definition) is 3. The minimum atomic E-state index is 0.872.